The molecular formula is C17H32ClPS. The molecule has 0 radical (unpaired) electrons. The standard InChI is InChI=1S/C17H32ClPS/c18-19(20)15-11-7-3-6-10-14-17(19)16-12-8-4-1-2-5-9-13-16/h16-17H,1-15H2. The molecule has 2 atom stereocenters. The van der Waals surface area contributed by atoms with Crippen molar-refractivity contribution in [2.24, 2.45) is 5.92 Å². The van der Waals surface area contributed by atoms with Crippen LogP contribution in [0.3, 0.4) is 0 Å². The molecule has 0 aromatic carbocycles. The van der Waals surface area contributed by atoms with Gasteiger partial charge in [-0.25, -0.2) is 0 Å². The minimum Gasteiger partial charge on any atom is -0.0853 e. The molecule has 0 bridgehead atoms. The van der Waals surface area contributed by atoms with Gasteiger partial charge in [-0.1, -0.05) is 87.3 Å². The van der Waals surface area contributed by atoms with E-state index in [0.29, 0.717) is 5.66 Å². The molecule has 3 heteroatoms. The van der Waals surface area contributed by atoms with Crippen LogP contribution in [0.5, 0.6) is 0 Å². The van der Waals surface area contributed by atoms with E-state index in [2.05, 4.69) is 0 Å². The lowest BCUT2D eigenvalue weighted by Gasteiger charge is -2.33. The maximum Gasteiger partial charge on any atom is 0.0420 e. The Morgan fingerprint density at radius 1 is 0.650 bits per heavy atom. The Labute approximate surface area is 136 Å². The lowest BCUT2D eigenvalue weighted by Crippen LogP contribution is -2.21. The topological polar surface area (TPSA) is 0 Å². The maximum atomic E-state index is 6.98. The maximum absolute atomic E-state index is 6.98. The SMILES string of the molecule is S=P1(Cl)CCCCCCCC1C1CCCCCCCC1. The van der Waals surface area contributed by atoms with Gasteiger partial charge in [-0.2, -0.15) is 0 Å². The summed E-state index contributed by atoms with van der Waals surface area (Å²) in [4.78, 5) is 0. The van der Waals surface area contributed by atoms with E-state index in [4.69, 9.17) is 23.0 Å². The first-order valence-electron chi connectivity index (χ1n) is 8.98. The Morgan fingerprint density at radius 3 is 1.70 bits per heavy atom. The van der Waals surface area contributed by atoms with Gasteiger partial charge in [0.15, 0.2) is 0 Å². The summed E-state index contributed by atoms with van der Waals surface area (Å²) in [6.07, 6.45) is 20.8. The van der Waals surface area contributed by atoms with E-state index in [1.165, 1.54) is 96.1 Å². The van der Waals surface area contributed by atoms with Crippen molar-refractivity contribution in [3.63, 3.8) is 0 Å². The minimum absolute atomic E-state index is 0.704. The van der Waals surface area contributed by atoms with Crippen molar-refractivity contribution < 1.29 is 0 Å². The quantitative estimate of drug-likeness (QED) is 0.461. The molecule has 20 heavy (non-hydrogen) atoms. The predicted molar refractivity (Wildman–Crippen MR) is 96.9 cm³/mol. The number of rotatable bonds is 1. The fraction of sp³-hybridized carbons (Fsp3) is 1.00. The Morgan fingerprint density at radius 2 is 1.10 bits per heavy atom. The molecular weight excluding hydrogens is 303 g/mol. The summed E-state index contributed by atoms with van der Waals surface area (Å²) in [5.74, 6) is 0.856. The van der Waals surface area contributed by atoms with E-state index in [-0.39, 0.29) is 0 Å². The molecule has 2 fully saturated rings. The molecule has 1 aliphatic carbocycles. The van der Waals surface area contributed by atoms with Crippen molar-refractivity contribution in [1.29, 1.82) is 0 Å². The van der Waals surface area contributed by atoms with Crippen LogP contribution < -0.4 is 0 Å². The molecule has 0 amide bonds. The number of hydrogen-bond donors (Lipinski definition) is 0. The van der Waals surface area contributed by atoms with Gasteiger partial charge in [0, 0.05) is 11.0 Å². The Hall–Kier alpha value is 0.940. The summed E-state index contributed by atoms with van der Waals surface area (Å²) in [5.41, 5.74) is 0.704. The summed E-state index contributed by atoms with van der Waals surface area (Å²) in [5, 5.41) is -1.61. The average Bonchev–Trinajstić information content (AvgIpc) is 2.59. The van der Waals surface area contributed by atoms with E-state index in [0.717, 1.165) is 5.92 Å². The molecule has 0 spiro atoms. The van der Waals surface area contributed by atoms with E-state index in [1.54, 1.807) is 0 Å². The van der Waals surface area contributed by atoms with Crippen LogP contribution in [0.25, 0.3) is 0 Å². The van der Waals surface area contributed by atoms with Gasteiger partial charge in [0.05, 0.1) is 0 Å². The van der Waals surface area contributed by atoms with E-state index in [9.17, 15) is 0 Å². The van der Waals surface area contributed by atoms with Crippen LogP contribution in [0.15, 0.2) is 0 Å². The molecule has 1 aliphatic heterocycles. The molecule has 2 aliphatic rings. The second-order valence-corrected chi connectivity index (χ2v) is 13.9. The van der Waals surface area contributed by atoms with Crippen LogP contribution >= 0.6 is 16.6 Å². The fourth-order valence-electron chi connectivity index (χ4n) is 4.17. The smallest absolute Gasteiger partial charge is 0.0420 e. The van der Waals surface area contributed by atoms with Crippen LogP contribution in [0.4, 0.5) is 0 Å². The van der Waals surface area contributed by atoms with Gasteiger partial charge in [0.1, 0.15) is 0 Å². The van der Waals surface area contributed by atoms with Crippen molar-refractivity contribution in [2.75, 3.05) is 6.16 Å². The van der Waals surface area contributed by atoms with Crippen LogP contribution in [-0.2, 0) is 11.8 Å². The van der Waals surface area contributed by atoms with Crippen molar-refractivity contribution in [3.8, 4) is 0 Å². The van der Waals surface area contributed by atoms with Gasteiger partial charge in [-0.05, 0) is 37.8 Å². The summed E-state index contributed by atoms with van der Waals surface area (Å²) >= 11 is 13.0. The largest absolute Gasteiger partial charge is 0.0853 e. The average molecular weight is 335 g/mol. The normalized spacial score (nSPS) is 36.0. The highest BCUT2D eigenvalue weighted by Gasteiger charge is 2.32. The van der Waals surface area contributed by atoms with E-state index < -0.39 is 5.39 Å². The van der Waals surface area contributed by atoms with Crippen LogP contribution in [0, 0.1) is 5.92 Å². The Bertz CT molecular complexity index is 308. The monoisotopic (exact) mass is 334 g/mol. The molecule has 1 saturated carbocycles. The molecule has 2 rings (SSSR count). The number of halogens is 1. The first kappa shape index (κ1) is 17.3. The zero-order chi connectivity index (χ0) is 14.3. The van der Waals surface area contributed by atoms with Gasteiger partial charge >= 0.3 is 0 Å². The first-order valence-corrected chi connectivity index (χ1v) is 12.9. The van der Waals surface area contributed by atoms with Gasteiger partial charge in [-0.15, -0.1) is 0 Å². The third kappa shape index (κ3) is 5.62. The third-order valence-electron chi connectivity index (χ3n) is 5.40. The number of hydrogen-bond acceptors (Lipinski definition) is 1. The first-order chi connectivity index (χ1) is 9.70. The van der Waals surface area contributed by atoms with Gasteiger partial charge in [0.2, 0.25) is 0 Å². The van der Waals surface area contributed by atoms with Gasteiger partial charge < -0.3 is 0 Å². The highest BCUT2D eigenvalue weighted by molar-refractivity contribution is 8.27. The molecule has 2 unspecified atom stereocenters. The molecule has 1 heterocycles. The van der Waals surface area contributed by atoms with E-state index in [1.807, 2.05) is 0 Å². The van der Waals surface area contributed by atoms with Crippen molar-refractivity contribution in [3.05, 3.63) is 0 Å². The summed E-state index contributed by atoms with van der Waals surface area (Å²) in [6, 6.07) is 0. The summed E-state index contributed by atoms with van der Waals surface area (Å²) in [6.45, 7) is 0. The molecule has 0 aromatic rings. The van der Waals surface area contributed by atoms with E-state index >= 15 is 0 Å². The van der Waals surface area contributed by atoms with Crippen LogP contribution in [-0.4, -0.2) is 11.8 Å². The molecule has 0 N–H and O–H groups in total. The highest BCUT2D eigenvalue weighted by atomic mass is 35.7. The van der Waals surface area contributed by atoms with Crippen molar-refractivity contribution in [2.45, 2.75) is 95.6 Å². The lowest BCUT2D eigenvalue weighted by atomic mass is 9.90. The minimum atomic E-state index is -1.61. The van der Waals surface area contributed by atoms with Crippen molar-refractivity contribution >= 4 is 28.4 Å². The van der Waals surface area contributed by atoms with Gasteiger partial charge in [0.25, 0.3) is 0 Å². The fourth-order valence-corrected chi connectivity index (χ4v) is 9.00. The van der Waals surface area contributed by atoms with Crippen molar-refractivity contribution in [1.82, 2.24) is 0 Å². The molecule has 0 aromatic heterocycles. The molecule has 1 saturated heterocycles. The summed E-state index contributed by atoms with van der Waals surface area (Å²) in [7, 11) is 0. The summed E-state index contributed by atoms with van der Waals surface area (Å²) < 4.78 is 0. The lowest BCUT2D eigenvalue weighted by molar-refractivity contribution is 0.391. The van der Waals surface area contributed by atoms with Crippen LogP contribution in [0.2, 0.25) is 0 Å². The van der Waals surface area contributed by atoms with Gasteiger partial charge in [-0.3, -0.25) is 0 Å². The van der Waals surface area contributed by atoms with Crippen LogP contribution in [0.1, 0.15) is 89.9 Å². The second-order valence-electron chi connectivity index (χ2n) is 7.01. The zero-order valence-electron chi connectivity index (χ0n) is 13.0. The molecule has 0 nitrogen and oxygen atoms in total. The Balaban J connectivity index is 2.04. The zero-order valence-corrected chi connectivity index (χ0v) is 15.5. The highest BCUT2D eigenvalue weighted by Crippen LogP contribution is 2.62. The molecule has 118 valence electrons. The predicted octanol–water partition coefficient (Wildman–Crippen LogP) is 7.09. The Kier molecular flexibility index (Phi) is 7.92. The second kappa shape index (κ2) is 9.16. The third-order valence-corrected chi connectivity index (χ3v) is 10.6.